The number of phenols is 1. The molecule has 0 aliphatic carbocycles. The highest BCUT2D eigenvalue weighted by Crippen LogP contribution is 2.37. The van der Waals surface area contributed by atoms with Crippen LogP contribution in [0.25, 0.3) is 20.8 Å². The van der Waals surface area contributed by atoms with Crippen LogP contribution in [-0.2, 0) is 0 Å². The fourth-order valence-electron chi connectivity index (χ4n) is 1.83. The number of rotatable bonds is 2. The highest BCUT2D eigenvalue weighted by molar-refractivity contribution is 9.10. The van der Waals surface area contributed by atoms with Gasteiger partial charge in [0.15, 0.2) is 0 Å². The molecular weight excluding hydrogens is 326 g/mol. The molecule has 96 valence electrons. The normalized spacial score (nSPS) is 10.8. The third-order valence-corrected chi connectivity index (χ3v) is 4.35. The highest BCUT2D eigenvalue weighted by atomic mass is 79.9. The largest absolute Gasteiger partial charge is 0.507 e. The van der Waals surface area contributed by atoms with E-state index in [0.717, 1.165) is 19.7 Å². The number of aromatic nitrogens is 1. The average Bonchev–Trinajstić information content (AvgIpc) is 2.82. The van der Waals surface area contributed by atoms with Gasteiger partial charge in [0.05, 0.1) is 22.9 Å². The van der Waals surface area contributed by atoms with Gasteiger partial charge < -0.3 is 9.84 Å². The minimum atomic E-state index is 0.207. The number of phenolic OH excluding ortho intramolecular Hbond substituents is 1. The van der Waals surface area contributed by atoms with Crippen LogP contribution in [0.5, 0.6) is 11.5 Å². The predicted octanol–water partition coefficient (Wildman–Crippen LogP) is 4.44. The van der Waals surface area contributed by atoms with E-state index in [0.29, 0.717) is 11.3 Å². The molecule has 1 heterocycles. The lowest BCUT2D eigenvalue weighted by molar-refractivity contribution is 0.412. The molecule has 1 aromatic heterocycles. The molecule has 0 saturated carbocycles. The first kappa shape index (κ1) is 12.4. The molecule has 0 saturated heterocycles. The summed E-state index contributed by atoms with van der Waals surface area (Å²) < 4.78 is 7.26. The maximum Gasteiger partial charge on any atom is 0.128 e. The summed E-state index contributed by atoms with van der Waals surface area (Å²) in [6, 6.07) is 11.1. The van der Waals surface area contributed by atoms with Crippen molar-refractivity contribution in [3.8, 4) is 22.1 Å². The van der Waals surface area contributed by atoms with Crippen LogP contribution < -0.4 is 4.74 Å². The summed E-state index contributed by atoms with van der Waals surface area (Å²) in [6.45, 7) is 0. The molecule has 2 aromatic carbocycles. The van der Waals surface area contributed by atoms with Gasteiger partial charge in [-0.1, -0.05) is 15.9 Å². The summed E-state index contributed by atoms with van der Waals surface area (Å²) in [5.74, 6) is 0.909. The van der Waals surface area contributed by atoms with Crippen molar-refractivity contribution < 1.29 is 9.84 Å². The zero-order valence-corrected chi connectivity index (χ0v) is 12.5. The maximum absolute atomic E-state index is 9.97. The molecule has 19 heavy (non-hydrogen) atoms. The van der Waals surface area contributed by atoms with Crippen molar-refractivity contribution >= 4 is 37.5 Å². The Labute approximate surface area is 122 Å². The van der Waals surface area contributed by atoms with Gasteiger partial charge in [0.25, 0.3) is 0 Å². The lowest BCUT2D eigenvalue weighted by Gasteiger charge is -2.04. The Morgan fingerprint density at radius 3 is 2.84 bits per heavy atom. The number of aromatic hydroxyl groups is 1. The van der Waals surface area contributed by atoms with Crippen LogP contribution in [0.2, 0.25) is 0 Å². The van der Waals surface area contributed by atoms with Crippen molar-refractivity contribution in [2.45, 2.75) is 0 Å². The van der Waals surface area contributed by atoms with E-state index in [-0.39, 0.29) is 5.75 Å². The molecule has 0 aliphatic rings. The van der Waals surface area contributed by atoms with E-state index in [2.05, 4.69) is 20.9 Å². The zero-order valence-electron chi connectivity index (χ0n) is 10.1. The SMILES string of the molecule is COc1ccc(O)c(-c2nc3cc(Br)ccc3s2)c1. The van der Waals surface area contributed by atoms with E-state index in [1.165, 1.54) is 0 Å². The monoisotopic (exact) mass is 335 g/mol. The van der Waals surface area contributed by atoms with Crippen LogP contribution in [0.4, 0.5) is 0 Å². The quantitative estimate of drug-likeness (QED) is 0.752. The predicted molar refractivity (Wildman–Crippen MR) is 81.0 cm³/mol. The van der Waals surface area contributed by atoms with Crippen LogP contribution in [0.15, 0.2) is 40.9 Å². The number of nitrogens with zero attached hydrogens (tertiary/aromatic N) is 1. The van der Waals surface area contributed by atoms with E-state index in [4.69, 9.17) is 4.74 Å². The fraction of sp³-hybridized carbons (Fsp3) is 0.0714. The Hall–Kier alpha value is -1.59. The summed E-state index contributed by atoms with van der Waals surface area (Å²) >= 11 is 4.98. The second kappa shape index (κ2) is 4.83. The lowest BCUT2D eigenvalue weighted by Crippen LogP contribution is -1.84. The van der Waals surface area contributed by atoms with Gasteiger partial charge in [-0.05, 0) is 36.4 Å². The number of benzene rings is 2. The molecular formula is C14H10BrNO2S. The Balaban J connectivity index is 2.18. The van der Waals surface area contributed by atoms with Crippen molar-refractivity contribution in [3.05, 3.63) is 40.9 Å². The van der Waals surface area contributed by atoms with E-state index in [1.54, 1.807) is 36.6 Å². The minimum absolute atomic E-state index is 0.207. The van der Waals surface area contributed by atoms with Gasteiger partial charge in [0, 0.05) is 4.47 Å². The number of thiazole rings is 1. The summed E-state index contributed by atoms with van der Waals surface area (Å²) in [7, 11) is 1.60. The first-order valence-corrected chi connectivity index (χ1v) is 7.22. The van der Waals surface area contributed by atoms with Gasteiger partial charge >= 0.3 is 0 Å². The summed E-state index contributed by atoms with van der Waals surface area (Å²) in [5, 5.41) is 10.7. The second-order valence-corrected chi connectivity index (χ2v) is 5.96. The van der Waals surface area contributed by atoms with Gasteiger partial charge in [-0.15, -0.1) is 11.3 Å². The smallest absolute Gasteiger partial charge is 0.128 e. The number of hydrogen-bond acceptors (Lipinski definition) is 4. The van der Waals surface area contributed by atoms with E-state index >= 15 is 0 Å². The average molecular weight is 336 g/mol. The second-order valence-electron chi connectivity index (χ2n) is 4.01. The summed E-state index contributed by atoms with van der Waals surface area (Å²) in [6.07, 6.45) is 0. The topological polar surface area (TPSA) is 42.4 Å². The number of halogens is 1. The van der Waals surface area contributed by atoms with Gasteiger partial charge in [0.1, 0.15) is 16.5 Å². The Morgan fingerprint density at radius 2 is 2.05 bits per heavy atom. The fourth-order valence-corrected chi connectivity index (χ4v) is 3.15. The molecule has 0 spiro atoms. The molecule has 3 nitrogen and oxygen atoms in total. The summed E-state index contributed by atoms with van der Waals surface area (Å²) in [5.41, 5.74) is 1.60. The number of methoxy groups -OCH3 is 1. The van der Waals surface area contributed by atoms with Crippen molar-refractivity contribution in [2.75, 3.05) is 7.11 Å². The van der Waals surface area contributed by atoms with Gasteiger partial charge in [-0.25, -0.2) is 4.98 Å². The molecule has 0 radical (unpaired) electrons. The molecule has 0 bridgehead atoms. The number of ether oxygens (including phenoxy) is 1. The van der Waals surface area contributed by atoms with E-state index < -0.39 is 0 Å². The molecule has 0 unspecified atom stereocenters. The molecule has 0 amide bonds. The standard InChI is InChI=1S/C14H10BrNO2S/c1-18-9-3-4-12(17)10(7-9)14-16-11-6-8(15)2-5-13(11)19-14/h2-7,17H,1H3. The molecule has 0 fully saturated rings. The third kappa shape index (κ3) is 2.31. The van der Waals surface area contributed by atoms with Gasteiger partial charge in [-0.3, -0.25) is 0 Å². The van der Waals surface area contributed by atoms with E-state index in [9.17, 15) is 5.11 Å². The van der Waals surface area contributed by atoms with Crippen molar-refractivity contribution in [1.29, 1.82) is 0 Å². The third-order valence-electron chi connectivity index (χ3n) is 2.78. The Morgan fingerprint density at radius 1 is 1.21 bits per heavy atom. The first-order chi connectivity index (χ1) is 9.17. The minimum Gasteiger partial charge on any atom is -0.507 e. The van der Waals surface area contributed by atoms with Crippen LogP contribution >= 0.6 is 27.3 Å². The Kier molecular flexibility index (Phi) is 3.16. The first-order valence-electron chi connectivity index (χ1n) is 5.61. The van der Waals surface area contributed by atoms with Gasteiger partial charge in [0.2, 0.25) is 0 Å². The van der Waals surface area contributed by atoms with Crippen LogP contribution in [0.3, 0.4) is 0 Å². The number of fused-ring (bicyclic) bond motifs is 1. The molecule has 0 atom stereocenters. The van der Waals surface area contributed by atoms with Crippen molar-refractivity contribution in [3.63, 3.8) is 0 Å². The van der Waals surface area contributed by atoms with E-state index in [1.807, 2.05) is 18.2 Å². The zero-order chi connectivity index (χ0) is 13.4. The Bertz CT molecular complexity index is 754. The molecule has 0 aliphatic heterocycles. The molecule has 3 rings (SSSR count). The van der Waals surface area contributed by atoms with Crippen LogP contribution in [0.1, 0.15) is 0 Å². The maximum atomic E-state index is 9.97. The molecule has 3 aromatic rings. The molecule has 1 N–H and O–H groups in total. The van der Waals surface area contributed by atoms with Crippen molar-refractivity contribution in [1.82, 2.24) is 4.98 Å². The molecule has 5 heteroatoms. The summed E-state index contributed by atoms with van der Waals surface area (Å²) in [4.78, 5) is 4.55. The van der Waals surface area contributed by atoms with Gasteiger partial charge in [-0.2, -0.15) is 0 Å². The van der Waals surface area contributed by atoms with Crippen LogP contribution in [-0.4, -0.2) is 17.2 Å². The lowest BCUT2D eigenvalue weighted by atomic mass is 10.2. The highest BCUT2D eigenvalue weighted by Gasteiger charge is 2.11. The number of hydrogen-bond donors (Lipinski definition) is 1. The van der Waals surface area contributed by atoms with Crippen LogP contribution in [0, 0.1) is 0 Å². The van der Waals surface area contributed by atoms with Crippen molar-refractivity contribution in [2.24, 2.45) is 0 Å².